The Bertz CT molecular complexity index is 701. The molecule has 0 unspecified atom stereocenters. The second-order valence-electron chi connectivity index (χ2n) is 3.68. The Morgan fingerprint density at radius 3 is 2.79 bits per heavy atom. The lowest BCUT2D eigenvalue weighted by Crippen LogP contribution is -2.22. The third kappa shape index (κ3) is 3.19. The number of carboxylic acid groups (broad SMARTS) is 1. The number of carboxylic acids is 1. The van der Waals surface area contributed by atoms with Gasteiger partial charge >= 0.3 is 5.97 Å². The highest BCUT2D eigenvalue weighted by Gasteiger charge is 2.19. The van der Waals surface area contributed by atoms with E-state index >= 15 is 0 Å². The molecule has 0 aliphatic heterocycles. The highest BCUT2D eigenvalue weighted by molar-refractivity contribution is 7.91. The van der Waals surface area contributed by atoms with Gasteiger partial charge in [-0.25, -0.2) is 17.9 Å². The molecule has 9 heteroatoms. The molecule has 0 aromatic carbocycles. The summed E-state index contributed by atoms with van der Waals surface area (Å²) in [4.78, 5) is 10.7. The van der Waals surface area contributed by atoms with Gasteiger partial charge in [-0.2, -0.15) is 0 Å². The van der Waals surface area contributed by atoms with Crippen LogP contribution >= 0.6 is 11.3 Å². The van der Waals surface area contributed by atoms with Gasteiger partial charge in [0.15, 0.2) is 0 Å². The molecule has 0 spiro atoms. The first-order valence-electron chi connectivity index (χ1n) is 5.13. The molecule has 0 bridgehead atoms. The molecule has 0 saturated carbocycles. The lowest BCUT2D eigenvalue weighted by atomic mass is 10.4. The van der Waals surface area contributed by atoms with Crippen LogP contribution in [-0.4, -0.2) is 24.7 Å². The maximum absolute atomic E-state index is 11.9. The van der Waals surface area contributed by atoms with Crippen LogP contribution < -0.4 is 4.72 Å². The minimum absolute atomic E-state index is 0.0139. The predicted molar refractivity (Wildman–Crippen MR) is 66.5 cm³/mol. The zero-order valence-electron chi connectivity index (χ0n) is 9.78. The van der Waals surface area contributed by atoms with Gasteiger partial charge in [-0.15, -0.1) is 11.3 Å². The van der Waals surface area contributed by atoms with Crippen molar-refractivity contribution in [2.24, 2.45) is 0 Å². The minimum atomic E-state index is -3.74. The molecule has 0 atom stereocenters. The van der Waals surface area contributed by atoms with E-state index in [9.17, 15) is 13.2 Å². The van der Waals surface area contributed by atoms with Gasteiger partial charge < -0.3 is 9.63 Å². The fraction of sp³-hybridized carbons (Fsp3) is 0.200. The van der Waals surface area contributed by atoms with Crippen LogP contribution in [-0.2, 0) is 16.6 Å². The topological polar surface area (TPSA) is 110 Å². The highest BCUT2D eigenvalue weighted by Crippen LogP contribution is 2.21. The zero-order chi connectivity index (χ0) is 14.0. The van der Waals surface area contributed by atoms with Crippen molar-refractivity contribution in [2.45, 2.75) is 17.7 Å². The van der Waals surface area contributed by atoms with Crippen molar-refractivity contribution in [3.63, 3.8) is 0 Å². The molecule has 2 aromatic heterocycles. The van der Waals surface area contributed by atoms with Crippen LogP contribution in [0, 0.1) is 6.92 Å². The Morgan fingerprint density at radius 2 is 2.26 bits per heavy atom. The normalized spacial score (nSPS) is 11.6. The average Bonchev–Trinajstić information content (AvgIpc) is 2.95. The first-order valence-corrected chi connectivity index (χ1v) is 7.43. The maximum atomic E-state index is 11.9. The highest BCUT2D eigenvalue weighted by atomic mass is 32.2. The van der Waals surface area contributed by atoms with Crippen LogP contribution in [0.2, 0.25) is 0 Å². The number of hydrogen-bond acceptors (Lipinski definition) is 6. The lowest BCUT2D eigenvalue weighted by Gasteiger charge is -2.01. The number of hydrogen-bond donors (Lipinski definition) is 2. The SMILES string of the molecule is Cc1cc(CNS(=O)(=O)c2ccc(C(=O)O)s2)no1. The van der Waals surface area contributed by atoms with E-state index in [0.717, 1.165) is 0 Å². The molecule has 0 amide bonds. The molecular formula is C10H10N2O5S2. The van der Waals surface area contributed by atoms with E-state index in [0.29, 0.717) is 22.8 Å². The first-order chi connectivity index (χ1) is 8.88. The van der Waals surface area contributed by atoms with Crippen LogP contribution in [0.4, 0.5) is 0 Å². The van der Waals surface area contributed by atoms with Crippen molar-refractivity contribution in [1.29, 1.82) is 0 Å². The number of nitrogens with zero attached hydrogens (tertiary/aromatic N) is 1. The zero-order valence-corrected chi connectivity index (χ0v) is 11.4. The molecule has 2 aromatic rings. The molecule has 2 rings (SSSR count). The molecule has 7 nitrogen and oxygen atoms in total. The molecule has 0 radical (unpaired) electrons. The van der Waals surface area contributed by atoms with Crippen LogP contribution in [0.3, 0.4) is 0 Å². The molecule has 0 saturated heterocycles. The Balaban J connectivity index is 2.11. The van der Waals surface area contributed by atoms with E-state index in [4.69, 9.17) is 9.63 Å². The number of sulfonamides is 1. The predicted octanol–water partition coefficient (Wildman–Crippen LogP) is 1.22. The molecule has 2 heterocycles. The van der Waals surface area contributed by atoms with Gasteiger partial charge in [0.05, 0.1) is 12.2 Å². The second kappa shape index (κ2) is 5.11. The summed E-state index contributed by atoms with van der Waals surface area (Å²) in [6.07, 6.45) is 0. The van der Waals surface area contributed by atoms with Crippen molar-refractivity contribution >= 4 is 27.3 Å². The van der Waals surface area contributed by atoms with Gasteiger partial charge in [-0.1, -0.05) is 5.16 Å². The molecule has 0 aliphatic rings. The number of thiophene rings is 1. The van der Waals surface area contributed by atoms with E-state index in [1.807, 2.05) is 0 Å². The summed E-state index contributed by atoms with van der Waals surface area (Å²) in [7, 11) is -3.74. The van der Waals surface area contributed by atoms with Gasteiger partial charge in [0.1, 0.15) is 14.8 Å². The van der Waals surface area contributed by atoms with Crippen molar-refractivity contribution in [3.05, 3.63) is 34.5 Å². The number of aryl methyl sites for hydroxylation is 1. The van der Waals surface area contributed by atoms with Gasteiger partial charge in [-0.3, -0.25) is 0 Å². The van der Waals surface area contributed by atoms with Crippen molar-refractivity contribution in [1.82, 2.24) is 9.88 Å². The fourth-order valence-electron chi connectivity index (χ4n) is 1.32. The van der Waals surface area contributed by atoms with Gasteiger partial charge in [0.2, 0.25) is 10.0 Å². The first kappa shape index (κ1) is 13.7. The summed E-state index contributed by atoms with van der Waals surface area (Å²) in [6.45, 7) is 1.68. The molecule has 19 heavy (non-hydrogen) atoms. The number of nitrogens with one attached hydrogen (secondary N) is 1. The van der Waals surface area contributed by atoms with Crippen LogP contribution in [0.15, 0.2) is 26.9 Å². The van der Waals surface area contributed by atoms with Gasteiger partial charge in [0.25, 0.3) is 0 Å². The third-order valence-electron chi connectivity index (χ3n) is 2.18. The summed E-state index contributed by atoms with van der Waals surface area (Å²) in [5.41, 5.74) is 0.455. The number of rotatable bonds is 5. The molecule has 2 N–H and O–H groups in total. The van der Waals surface area contributed by atoms with E-state index in [1.165, 1.54) is 12.1 Å². The van der Waals surface area contributed by atoms with Crippen LogP contribution in [0.25, 0.3) is 0 Å². The molecule has 102 valence electrons. The van der Waals surface area contributed by atoms with Crippen LogP contribution in [0.1, 0.15) is 21.1 Å². The Hall–Kier alpha value is -1.71. The van der Waals surface area contributed by atoms with Crippen molar-refractivity contribution in [3.8, 4) is 0 Å². The van der Waals surface area contributed by atoms with Gasteiger partial charge in [-0.05, 0) is 19.1 Å². The standard InChI is InChI=1S/C10H10N2O5S2/c1-6-4-7(12-17-6)5-11-19(15,16)9-3-2-8(18-9)10(13)14/h2-4,11H,5H2,1H3,(H,13,14). The maximum Gasteiger partial charge on any atom is 0.345 e. The summed E-state index contributed by atoms with van der Waals surface area (Å²) < 4.78 is 30.9. The number of aromatic nitrogens is 1. The summed E-state index contributed by atoms with van der Waals surface area (Å²) >= 11 is 0.694. The average molecular weight is 302 g/mol. The number of carbonyl (C=O) groups is 1. The number of aromatic carboxylic acids is 1. The molecule has 0 aliphatic carbocycles. The summed E-state index contributed by atoms with van der Waals surface area (Å²) in [5, 5.41) is 12.4. The summed E-state index contributed by atoms with van der Waals surface area (Å²) in [5.74, 6) is -0.572. The monoisotopic (exact) mass is 302 g/mol. The third-order valence-corrected chi connectivity index (χ3v) is 5.14. The largest absolute Gasteiger partial charge is 0.477 e. The lowest BCUT2D eigenvalue weighted by molar-refractivity contribution is 0.0702. The van der Waals surface area contributed by atoms with E-state index in [1.54, 1.807) is 13.0 Å². The van der Waals surface area contributed by atoms with Crippen molar-refractivity contribution in [2.75, 3.05) is 0 Å². The molecule has 0 fully saturated rings. The van der Waals surface area contributed by atoms with E-state index in [2.05, 4.69) is 9.88 Å². The summed E-state index contributed by atoms with van der Waals surface area (Å²) in [6, 6.07) is 4.12. The van der Waals surface area contributed by atoms with Crippen LogP contribution in [0.5, 0.6) is 0 Å². The molecular weight excluding hydrogens is 292 g/mol. The van der Waals surface area contributed by atoms with E-state index < -0.39 is 16.0 Å². The van der Waals surface area contributed by atoms with E-state index in [-0.39, 0.29) is 15.6 Å². The minimum Gasteiger partial charge on any atom is -0.477 e. The second-order valence-corrected chi connectivity index (χ2v) is 6.75. The smallest absolute Gasteiger partial charge is 0.345 e. The quantitative estimate of drug-likeness (QED) is 0.859. The Labute approximate surface area is 112 Å². The fourth-order valence-corrected chi connectivity index (χ4v) is 3.51. The van der Waals surface area contributed by atoms with Gasteiger partial charge in [0, 0.05) is 6.07 Å². The Kier molecular flexibility index (Phi) is 3.69. The Morgan fingerprint density at radius 1 is 1.53 bits per heavy atom. The van der Waals surface area contributed by atoms with Crippen molar-refractivity contribution < 1.29 is 22.8 Å².